The second-order valence-electron chi connectivity index (χ2n) is 5.07. The van der Waals surface area contributed by atoms with Crippen LogP contribution in [0.1, 0.15) is 6.92 Å². The number of amides is 1. The number of hydrogen-bond donors (Lipinski definition) is 3. The molecular weight excluding hydrogens is 348 g/mol. The highest BCUT2D eigenvalue weighted by atomic mass is 35.5. The molecule has 1 aromatic carbocycles. The number of hydrogen-bond acceptors (Lipinski definition) is 5. The summed E-state index contributed by atoms with van der Waals surface area (Å²) in [5.41, 5.74) is -2.14. The van der Waals surface area contributed by atoms with Crippen LogP contribution in [0.2, 0.25) is 5.02 Å². The van der Waals surface area contributed by atoms with Crippen molar-refractivity contribution in [3.8, 4) is 0 Å². The van der Waals surface area contributed by atoms with E-state index in [0.717, 1.165) is 11.2 Å². The quantitative estimate of drug-likeness (QED) is 0.621. The molecule has 0 aromatic heterocycles. The van der Waals surface area contributed by atoms with E-state index in [9.17, 15) is 23.1 Å². The van der Waals surface area contributed by atoms with Crippen molar-refractivity contribution in [2.75, 3.05) is 20.1 Å². The Morgan fingerprint density at radius 1 is 1.30 bits per heavy atom. The van der Waals surface area contributed by atoms with Gasteiger partial charge >= 0.3 is 5.97 Å². The summed E-state index contributed by atoms with van der Waals surface area (Å²) in [6, 6.07) is 5.43. The number of likely N-dealkylation sites (N-methyl/N-ethyl adjacent to an activating group) is 1. The van der Waals surface area contributed by atoms with Gasteiger partial charge in [0.25, 0.3) is 0 Å². The molecule has 23 heavy (non-hydrogen) atoms. The maximum absolute atomic E-state index is 12.2. The van der Waals surface area contributed by atoms with Gasteiger partial charge in [-0.05, 0) is 31.2 Å². The van der Waals surface area contributed by atoms with Gasteiger partial charge in [-0.2, -0.15) is 4.31 Å². The molecule has 0 aliphatic heterocycles. The van der Waals surface area contributed by atoms with Crippen LogP contribution < -0.4 is 5.32 Å². The summed E-state index contributed by atoms with van der Waals surface area (Å²) in [4.78, 5) is 22.4. The number of rotatable bonds is 7. The van der Waals surface area contributed by atoms with Crippen molar-refractivity contribution in [2.24, 2.45) is 0 Å². The molecule has 3 N–H and O–H groups in total. The second kappa shape index (κ2) is 7.26. The third kappa shape index (κ3) is 5.17. The van der Waals surface area contributed by atoms with Gasteiger partial charge in [-0.25, -0.2) is 13.2 Å². The van der Waals surface area contributed by atoms with Crippen molar-refractivity contribution in [3.63, 3.8) is 0 Å². The summed E-state index contributed by atoms with van der Waals surface area (Å²) >= 11 is 5.69. The Hall–Kier alpha value is -1.68. The lowest BCUT2D eigenvalue weighted by Gasteiger charge is -2.20. The Labute approximate surface area is 138 Å². The molecule has 8 nitrogen and oxygen atoms in total. The Kier molecular flexibility index (Phi) is 6.11. The third-order valence-electron chi connectivity index (χ3n) is 2.98. The molecular formula is C13H17ClN2O6S. The Balaban J connectivity index is 2.71. The first kappa shape index (κ1) is 19.4. The SMILES string of the molecule is CN(CC(=O)NCC(C)(O)C(=O)O)S(=O)(=O)c1ccc(Cl)cc1. The van der Waals surface area contributed by atoms with E-state index < -0.39 is 40.6 Å². The fraction of sp³-hybridized carbons (Fsp3) is 0.385. The van der Waals surface area contributed by atoms with E-state index >= 15 is 0 Å². The number of nitrogens with zero attached hydrogens (tertiary/aromatic N) is 1. The lowest BCUT2D eigenvalue weighted by molar-refractivity contribution is -0.156. The number of nitrogens with one attached hydrogen (secondary N) is 1. The molecule has 1 rings (SSSR count). The minimum atomic E-state index is -3.89. The first-order valence-corrected chi connectivity index (χ1v) is 8.23. The molecule has 0 bridgehead atoms. The smallest absolute Gasteiger partial charge is 0.337 e. The topological polar surface area (TPSA) is 124 Å². The Bertz CT molecular complexity index is 687. The van der Waals surface area contributed by atoms with Gasteiger partial charge < -0.3 is 15.5 Å². The zero-order valence-electron chi connectivity index (χ0n) is 12.5. The van der Waals surface area contributed by atoms with Crippen molar-refractivity contribution in [1.29, 1.82) is 0 Å². The molecule has 0 aliphatic carbocycles. The Morgan fingerprint density at radius 3 is 2.30 bits per heavy atom. The van der Waals surface area contributed by atoms with Gasteiger partial charge in [-0.15, -0.1) is 0 Å². The van der Waals surface area contributed by atoms with E-state index in [1.54, 1.807) is 0 Å². The van der Waals surface area contributed by atoms with E-state index in [0.29, 0.717) is 5.02 Å². The normalized spacial score (nSPS) is 14.3. The number of halogens is 1. The second-order valence-corrected chi connectivity index (χ2v) is 7.55. The molecule has 0 heterocycles. The van der Waals surface area contributed by atoms with Crippen molar-refractivity contribution in [1.82, 2.24) is 9.62 Å². The van der Waals surface area contributed by atoms with Gasteiger partial charge in [0.05, 0.1) is 18.0 Å². The molecule has 0 fully saturated rings. The number of sulfonamides is 1. The monoisotopic (exact) mass is 364 g/mol. The van der Waals surface area contributed by atoms with Crippen LogP contribution in [0.25, 0.3) is 0 Å². The molecule has 128 valence electrons. The van der Waals surface area contributed by atoms with Gasteiger partial charge in [0.1, 0.15) is 0 Å². The average Bonchev–Trinajstić information content (AvgIpc) is 2.45. The number of benzene rings is 1. The number of carboxylic acid groups (broad SMARTS) is 1. The lowest BCUT2D eigenvalue weighted by atomic mass is 10.1. The molecule has 1 amide bonds. The number of aliphatic carboxylic acids is 1. The fourth-order valence-corrected chi connectivity index (χ4v) is 2.73. The predicted octanol–water partition coefficient (Wildman–Crippen LogP) is -0.0877. The molecule has 0 spiro atoms. The summed E-state index contributed by atoms with van der Waals surface area (Å²) in [6.07, 6.45) is 0. The molecule has 10 heteroatoms. The highest BCUT2D eigenvalue weighted by molar-refractivity contribution is 7.89. The zero-order valence-corrected chi connectivity index (χ0v) is 14.1. The van der Waals surface area contributed by atoms with E-state index in [4.69, 9.17) is 16.7 Å². The maximum Gasteiger partial charge on any atom is 0.337 e. The molecule has 1 atom stereocenters. The standard InChI is InChI=1S/C13H17ClN2O6S/c1-13(20,12(18)19)8-15-11(17)7-16(2)23(21,22)10-5-3-9(14)4-6-10/h3-6,20H,7-8H2,1-2H3,(H,15,17)(H,18,19). The van der Waals surface area contributed by atoms with Crippen LogP contribution in [0, 0.1) is 0 Å². The van der Waals surface area contributed by atoms with Gasteiger partial charge in [-0.3, -0.25) is 4.79 Å². The van der Waals surface area contributed by atoms with Crippen molar-refractivity contribution >= 4 is 33.5 Å². The lowest BCUT2D eigenvalue weighted by Crippen LogP contribution is -2.48. The largest absolute Gasteiger partial charge is 0.479 e. The van der Waals surface area contributed by atoms with Crippen LogP contribution in [0.15, 0.2) is 29.2 Å². The number of carbonyl (C=O) groups excluding carboxylic acids is 1. The molecule has 1 aromatic rings. The molecule has 0 saturated heterocycles. The molecule has 0 aliphatic rings. The highest BCUT2D eigenvalue weighted by Gasteiger charge is 2.31. The van der Waals surface area contributed by atoms with Gasteiger partial charge in [0, 0.05) is 12.1 Å². The third-order valence-corrected chi connectivity index (χ3v) is 5.05. The first-order valence-electron chi connectivity index (χ1n) is 6.41. The van der Waals surface area contributed by atoms with Crippen molar-refractivity contribution in [3.05, 3.63) is 29.3 Å². The van der Waals surface area contributed by atoms with Crippen molar-refractivity contribution in [2.45, 2.75) is 17.4 Å². The summed E-state index contributed by atoms with van der Waals surface area (Å²) in [5, 5.41) is 20.7. The molecule has 1 unspecified atom stereocenters. The van der Waals surface area contributed by atoms with E-state index in [1.165, 1.54) is 31.3 Å². The van der Waals surface area contributed by atoms with E-state index in [2.05, 4.69) is 5.32 Å². The van der Waals surface area contributed by atoms with Crippen LogP contribution in [0.3, 0.4) is 0 Å². The zero-order chi connectivity index (χ0) is 17.8. The fourth-order valence-electron chi connectivity index (χ4n) is 1.48. The number of carboxylic acids is 1. The predicted molar refractivity (Wildman–Crippen MR) is 82.5 cm³/mol. The molecule has 0 saturated carbocycles. The number of carbonyl (C=O) groups is 2. The summed E-state index contributed by atoms with van der Waals surface area (Å²) in [7, 11) is -2.68. The molecule has 0 radical (unpaired) electrons. The first-order chi connectivity index (χ1) is 10.5. The van der Waals surface area contributed by atoms with Crippen LogP contribution in [0.5, 0.6) is 0 Å². The number of aliphatic hydroxyl groups is 1. The minimum absolute atomic E-state index is 0.0327. The van der Waals surface area contributed by atoms with Gasteiger partial charge in [-0.1, -0.05) is 11.6 Å². The van der Waals surface area contributed by atoms with E-state index in [1.807, 2.05) is 0 Å². The highest BCUT2D eigenvalue weighted by Crippen LogP contribution is 2.17. The van der Waals surface area contributed by atoms with Gasteiger partial charge in [0.2, 0.25) is 15.9 Å². The minimum Gasteiger partial charge on any atom is -0.479 e. The maximum atomic E-state index is 12.2. The van der Waals surface area contributed by atoms with Crippen LogP contribution in [-0.4, -0.2) is 60.6 Å². The van der Waals surface area contributed by atoms with Crippen molar-refractivity contribution < 1.29 is 28.2 Å². The van der Waals surface area contributed by atoms with E-state index in [-0.39, 0.29) is 4.90 Å². The summed E-state index contributed by atoms with van der Waals surface area (Å²) in [5.74, 6) is -2.24. The summed E-state index contributed by atoms with van der Waals surface area (Å²) < 4.78 is 25.3. The summed E-state index contributed by atoms with van der Waals surface area (Å²) in [6.45, 7) is -0.0551. The van der Waals surface area contributed by atoms with Crippen LogP contribution >= 0.6 is 11.6 Å². The van der Waals surface area contributed by atoms with Crippen LogP contribution in [0.4, 0.5) is 0 Å². The Morgan fingerprint density at radius 2 is 1.83 bits per heavy atom. The van der Waals surface area contributed by atoms with Crippen LogP contribution in [-0.2, 0) is 19.6 Å². The average molecular weight is 365 g/mol. The van der Waals surface area contributed by atoms with Gasteiger partial charge in [0.15, 0.2) is 5.60 Å².